The summed E-state index contributed by atoms with van der Waals surface area (Å²) in [5, 5.41) is 21.0. The fourth-order valence-corrected chi connectivity index (χ4v) is 3.87. The van der Waals surface area contributed by atoms with Gasteiger partial charge in [-0.3, -0.25) is 0 Å². The van der Waals surface area contributed by atoms with E-state index >= 15 is 0 Å². The van der Waals surface area contributed by atoms with Crippen LogP contribution < -0.4 is 5.32 Å². The van der Waals surface area contributed by atoms with Gasteiger partial charge in [-0.25, -0.2) is 4.79 Å². The summed E-state index contributed by atoms with van der Waals surface area (Å²) in [6.07, 6.45) is 1.44. The Hall–Kier alpha value is -0.593. The van der Waals surface area contributed by atoms with E-state index in [-0.39, 0.29) is 29.7 Å². The van der Waals surface area contributed by atoms with Gasteiger partial charge in [-0.05, 0) is 37.4 Å². The van der Waals surface area contributed by atoms with Crippen LogP contribution in [0.1, 0.15) is 40.0 Å². The molecule has 0 unspecified atom stereocenters. The molecule has 1 amide bonds. The zero-order valence-electron chi connectivity index (χ0n) is 13.3. The van der Waals surface area contributed by atoms with Crippen LogP contribution in [0.5, 0.6) is 0 Å². The lowest BCUT2D eigenvalue weighted by atomic mass is 9.83. The number of hydrogen-bond acceptors (Lipinski definition) is 3. The number of hydrogen-bond donors (Lipinski definition) is 3. The number of aliphatic hydroxyl groups excluding tert-OH is 1. The second-order valence-corrected chi connectivity index (χ2v) is 12.1. The van der Waals surface area contributed by atoms with Crippen molar-refractivity contribution in [2.24, 2.45) is 5.92 Å². The molecule has 3 N–H and O–H groups in total. The average Bonchev–Trinajstić information content (AvgIpc) is 2.28. The summed E-state index contributed by atoms with van der Waals surface area (Å²) < 4.78 is 6.38. The normalized spacial score (nSPS) is 28.2. The monoisotopic (exact) mass is 303 g/mol. The molecular weight excluding hydrogens is 274 g/mol. The molecule has 0 heterocycles. The smallest absolute Gasteiger partial charge is 0.404 e. The second kappa shape index (κ2) is 6.45. The third kappa shape index (κ3) is 4.46. The highest BCUT2D eigenvalue weighted by atomic mass is 28.4. The van der Waals surface area contributed by atoms with Crippen molar-refractivity contribution in [1.29, 1.82) is 0 Å². The number of amides is 1. The molecule has 0 aromatic carbocycles. The maximum atomic E-state index is 10.8. The number of rotatable bonds is 4. The van der Waals surface area contributed by atoms with Gasteiger partial charge in [-0.2, -0.15) is 0 Å². The lowest BCUT2D eigenvalue weighted by molar-refractivity contribution is 0.0606. The largest absolute Gasteiger partial charge is 0.465 e. The molecule has 20 heavy (non-hydrogen) atoms. The van der Waals surface area contributed by atoms with E-state index in [4.69, 9.17) is 9.53 Å². The van der Waals surface area contributed by atoms with Crippen LogP contribution in [0.3, 0.4) is 0 Å². The molecule has 1 rings (SSSR count). The SMILES string of the molecule is CC(C)(C)[Si](C)(C)O[C@H]1CC[C@H](NC(=O)O)[C@@H](CO)C1. The molecule has 0 aromatic heterocycles. The lowest BCUT2D eigenvalue weighted by Crippen LogP contribution is -2.50. The maximum Gasteiger partial charge on any atom is 0.404 e. The molecule has 0 radical (unpaired) electrons. The van der Waals surface area contributed by atoms with Crippen LogP contribution in [0.25, 0.3) is 0 Å². The van der Waals surface area contributed by atoms with Crippen LogP contribution in [0.4, 0.5) is 4.79 Å². The first-order valence-corrected chi connectivity index (χ1v) is 10.3. The highest BCUT2D eigenvalue weighted by Crippen LogP contribution is 2.39. The van der Waals surface area contributed by atoms with E-state index in [9.17, 15) is 9.90 Å². The summed E-state index contributed by atoms with van der Waals surface area (Å²) in [7, 11) is -1.81. The third-order valence-corrected chi connectivity index (χ3v) is 9.28. The maximum absolute atomic E-state index is 10.8. The van der Waals surface area contributed by atoms with E-state index < -0.39 is 14.4 Å². The molecule has 1 aliphatic carbocycles. The highest BCUT2D eigenvalue weighted by Gasteiger charge is 2.41. The van der Waals surface area contributed by atoms with Crippen molar-refractivity contribution in [1.82, 2.24) is 5.32 Å². The molecule has 5 nitrogen and oxygen atoms in total. The minimum atomic E-state index is -1.81. The zero-order valence-corrected chi connectivity index (χ0v) is 14.3. The first kappa shape index (κ1) is 17.5. The van der Waals surface area contributed by atoms with Gasteiger partial charge in [0.15, 0.2) is 8.32 Å². The standard InChI is InChI=1S/C14H29NO4Si/c1-14(2,3)20(4,5)19-11-6-7-12(15-13(17)18)10(8-11)9-16/h10-12,15-16H,6-9H2,1-5H3,(H,17,18)/t10-,11+,12+/m1/s1. The van der Waals surface area contributed by atoms with Crippen LogP contribution in [0, 0.1) is 5.92 Å². The predicted molar refractivity (Wildman–Crippen MR) is 81.4 cm³/mol. The van der Waals surface area contributed by atoms with E-state index in [2.05, 4.69) is 39.2 Å². The van der Waals surface area contributed by atoms with E-state index in [1.807, 2.05) is 0 Å². The molecule has 1 saturated carbocycles. The van der Waals surface area contributed by atoms with E-state index in [1.54, 1.807) is 0 Å². The van der Waals surface area contributed by atoms with Gasteiger partial charge in [0, 0.05) is 24.7 Å². The van der Waals surface area contributed by atoms with Crippen molar-refractivity contribution in [2.75, 3.05) is 6.61 Å². The quantitative estimate of drug-likeness (QED) is 0.698. The van der Waals surface area contributed by atoms with Gasteiger partial charge in [0.1, 0.15) is 0 Å². The fourth-order valence-electron chi connectivity index (χ4n) is 2.47. The first-order valence-electron chi connectivity index (χ1n) is 7.35. The summed E-state index contributed by atoms with van der Waals surface area (Å²) in [6, 6.07) is -0.156. The Morgan fingerprint density at radius 1 is 1.35 bits per heavy atom. The minimum absolute atomic E-state index is 0.00229. The summed E-state index contributed by atoms with van der Waals surface area (Å²) in [5.41, 5.74) is 0. The molecule has 0 bridgehead atoms. The Morgan fingerprint density at radius 2 is 1.95 bits per heavy atom. The Bertz CT molecular complexity index is 341. The topological polar surface area (TPSA) is 78.8 Å². The summed E-state index contributed by atoms with van der Waals surface area (Å²) in [5.74, 6) is -0.0466. The first-order chi connectivity index (χ1) is 9.06. The van der Waals surface area contributed by atoms with Crippen molar-refractivity contribution in [3.05, 3.63) is 0 Å². The van der Waals surface area contributed by atoms with Gasteiger partial charge >= 0.3 is 6.09 Å². The summed E-state index contributed by atoms with van der Waals surface area (Å²) in [4.78, 5) is 10.8. The molecule has 1 aliphatic rings. The molecular formula is C14H29NO4Si. The van der Waals surface area contributed by atoms with Crippen molar-refractivity contribution in [3.63, 3.8) is 0 Å². The molecule has 6 heteroatoms. The Balaban J connectivity index is 2.63. The lowest BCUT2D eigenvalue weighted by Gasteiger charge is -2.43. The van der Waals surface area contributed by atoms with E-state index in [0.717, 1.165) is 19.3 Å². The average molecular weight is 303 g/mol. The van der Waals surface area contributed by atoms with Gasteiger partial charge < -0.3 is 20.0 Å². The summed E-state index contributed by atoms with van der Waals surface area (Å²) in [6.45, 7) is 11.1. The molecule has 0 spiro atoms. The number of carboxylic acid groups (broad SMARTS) is 1. The molecule has 3 atom stereocenters. The van der Waals surface area contributed by atoms with Crippen molar-refractivity contribution in [3.8, 4) is 0 Å². The van der Waals surface area contributed by atoms with E-state index in [0.29, 0.717) is 0 Å². The van der Waals surface area contributed by atoms with Crippen LogP contribution in [-0.2, 0) is 4.43 Å². The molecule has 0 aliphatic heterocycles. The minimum Gasteiger partial charge on any atom is -0.465 e. The molecule has 0 aromatic rings. The third-order valence-electron chi connectivity index (χ3n) is 4.75. The van der Waals surface area contributed by atoms with Crippen LogP contribution in [-0.4, -0.2) is 43.4 Å². The molecule has 0 saturated heterocycles. The molecule has 1 fully saturated rings. The number of carbonyl (C=O) groups is 1. The van der Waals surface area contributed by atoms with Gasteiger partial charge in [0.25, 0.3) is 0 Å². The van der Waals surface area contributed by atoms with Gasteiger partial charge in [-0.1, -0.05) is 20.8 Å². The van der Waals surface area contributed by atoms with Crippen LogP contribution in [0.15, 0.2) is 0 Å². The number of nitrogens with one attached hydrogen (secondary N) is 1. The van der Waals surface area contributed by atoms with Gasteiger partial charge in [-0.15, -0.1) is 0 Å². The Kier molecular flexibility index (Phi) is 5.63. The van der Waals surface area contributed by atoms with Gasteiger partial charge in [0.2, 0.25) is 0 Å². The van der Waals surface area contributed by atoms with Crippen molar-refractivity contribution < 1.29 is 19.4 Å². The second-order valence-electron chi connectivity index (χ2n) is 7.31. The van der Waals surface area contributed by atoms with E-state index in [1.165, 1.54) is 0 Å². The molecule has 118 valence electrons. The van der Waals surface area contributed by atoms with Gasteiger partial charge in [0.05, 0.1) is 0 Å². The summed E-state index contributed by atoms with van der Waals surface area (Å²) >= 11 is 0. The predicted octanol–water partition coefficient (Wildman–Crippen LogP) is 2.81. The number of aliphatic hydroxyl groups is 1. The van der Waals surface area contributed by atoms with Crippen LogP contribution in [0.2, 0.25) is 18.1 Å². The van der Waals surface area contributed by atoms with Crippen molar-refractivity contribution in [2.45, 2.75) is 70.3 Å². The van der Waals surface area contributed by atoms with Crippen LogP contribution >= 0.6 is 0 Å². The fraction of sp³-hybridized carbons (Fsp3) is 0.929. The highest BCUT2D eigenvalue weighted by molar-refractivity contribution is 6.74. The van der Waals surface area contributed by atoms with Crippen molar-refractivity contribution >= 4 is 14.4 Å². The zero-order chi connectivity index (χ0) is 15.6. The Morgan fingerprint density at radius 3 is 2.40 bits per heavy atom. The Labute approximate surface area is 122 Å².